The van der Waals surface area contributed by atoms with Crippen LogP contribution in [0.1, 0.15) is 21.5 Å². The fraction of sp³-hybridized carbons (Fsp3) is 0.0952. The van der Waals surface area contributed by atoms with E-state index in [4.69, 9.17) is 5.11 Å². The Bertz CT molecular complexity index is 1030. The van der Waals surface area contributed by atoms with Crippen LogP contribution in [0.4, 0.5) is 5.69 Å². The summed E-state index contributed by atoms with van der Waals surface area (Å²) in [6, 6.07) is 11.8. The molecule has 1 heterocycles. The minimum atomic E-state index is -1.22. The van der Waals surface area contributed by atoms with E-state index < -0.39 is 5.97 Å². The highest BCUT2D eigenvalue weighted by Crippen LogP contribution is 2.35. The first kappa shape index (κ1) is 19.4. The Kier molecular flexibility index (Phi) is 5.65. The molecule has 0 spiro atoms. The molecule has 2 aromatic carbocycles. The van der Waals surface area contributed by atoms with Crippen molar-refractivity contribution in [1.29, 1.82) is 0 Å². The Morgan fingerprint density at radius 2 is 2.04 bits per heavy atom. The molecule has 0 aromatic heterocycles. The number of phenols is 1. The van der Waals surface area contributed by atoms with E-state index in [2.05, 4.69) is 11.6 Å². The zero-order valence-corrected chi connectivity index (χ0v) is 15.9. The van der Waals surface area contributed by atoms with Crippen molar-refractivity contribution in [1.82, 2.24) is 4.90 Å². The number of benzene rings is 2. The monoisotopic (exact) mass is 394 g/mol. The molecule has 0 radical (unpaired) electrons. The molecule has 6 nitrogen and oxygen atoms in total. The van der Waals surface area contributed by atoms with Crippen molar-refractivity contribution in [3.8, 4) is 5.75 Å². The Morgan fingerprint density at radius 1 is 1.29 bits per heavy atom. The summed E-state index contributed by atoms with van der Waals surface area (Å²) >= 11 is 1.22. The number of thioether (sulfide) groups is 1. The van der Waals surface area contributed by atoms with Gasteiger partial charge < -0.3 is 10.2 Å². The molecule has 2 N–H and O–H groups in total. The van der Waals surface area contributed by atoms with Crippen molar-refractivity contribution in [3.63, 3.8) is 0 Å². The van der Waals surface area contributed by atoms with Gasteiger partial charge in [0.15, 0.2) is 5.17 Å². The van der Waals surface area contributed by atoms with Crippen LogP contribution in [-0.2, 0) is 4.79 Å². The topological polar surface area (TPSA) is 90.2 Å². The Balaban J connectivity index is 1.98. The van der Waals surface area contributed by atoms with Crippen LogP contribution in [0.3, 0.4) is 0 Å². The Labute approximate surface area is 166 Å². The maximum Gasteiger partial charge on any atom is 0.339 e. The molecule has 142 valence electrons. The van der Waals surface area contributed by atoms with Crippen molar-refractivity contribution in [3.05, 3.63) is 76.7 Å². The van der Waals surface area contributed by atoms with Crippen LogP contribution >= 0.6 is 11.8 Å². The first-order valence-corrected chi connectivity index (χ1v) is 9.25. The number of hydrogen-bond acceptors (Lipinski definition) is 5. The molecular formula is C21H18N2O4S. The summed E-state index contributed by atoms with van der Waals surface area (Å²) in [6.45, 7) is 5.94. The number of amides is 1. The maximum atomic E-state index is 12.8. The molecule has 0 saturated carbocycles. The van der Waals surface area contributed by atoms with Crippen molar-refractivity contribution in [2.24, 2.45) is 4.99 Å². The molecule has 1 saturated heterocycles. The molecule has 1 aliphatic heterocycles. The van der Waals surface area contributed by atoms with Crippen LogP contribution in [-0.4, -0.2) is 38.7 Å². The second kappa shape index (κ2) is 8.14. The van der Waals surface area contributed by atoms with Crippen molar-refractivity contribution >= 4 is 40.6 Å². The highest BCUT2D eigenvalue weighted by molar-refractivity contribution is 8.18. The van der Waals surface area contributed by atoms with Gasteiger partial charge in [0, 0.05) is 12.6 Å². The third kappa shape index (κ3) is 3.99. The average molecular weight is 394 g/mol. The molecule has 0 bridgehead atoms. The second-order valence-corrected chi connectivity index (χ2v) is 7.08. The number of nitrogens with zero attached hydrogens (tertiary/aromatic N) is 2. The van der Waals surface area contributed by atoms with Gasteiger partial charge in [0.05, 0.1) is 10.6 Å². The highest BCUT2D eigenvalue weighted by Gasteiger charge is 2.32. The number of hydrogen-bond donors (Lipinski definition) is 2. The largest absolute Gasteiger partial charge is 0.507 e. The smallest absolute Gasteiger partial charge is 0.339 e. The minimum Gasteiger partial charge on any atom is -0.507 e. The lowest BCUT2D eigenvalue weighted by Crippen LogP contribution is -2.29. The van der Waals surface area contributed by atoms with E-state index in [1.54, 1.807) is 6.08 Å². The number of aromatic carboxylic acids is 1. The summed E-state index contributed by atoms with van der Waals surface area (Å²) in [5, 5.41) is 19.3. The summed E-state index contributed by atoms with van der Waals surface area (Å²) in [5.74, 6) is -1.79. The van der Waals surface area contributed by atoms with Gasteiger partial charge in [0.2, 0.25) is 0 Å². The van der Waals surface area contributed by atoms with Crippen LogP contribution in [0.2, 0.25) is 0 Å². The van der Waals surface area contributed by atoms with Gasteiger partial charge in [-0.2, -0.15) is 0 Å². The molecule has 7 heteroatoms. The quantitative estimate of drug-likeness (QED) is 0.586. The third-order valence-corrected chi connectivity index (χ3v) is 5.12. The van der Waals surface area contributed by atoms with Crippen LogP contribution in [0.25, 0.3) is 6.08 Å². The molecule has 1 amide bonds. The number of carbonyl (C=O) groups excluding carboxylic acids is 1. The molecule has 2 aromatic rings. The Hall–Kier alpha value is -3.32. The lowest BCUT2D eigenvalue weighted by atomic mass is 10.1. The average Bonchev–Trinajstić information content (AvgIpc) is 2.92. The molecule has 1 aliphatic rings. The normalized spacial score (nSPS) is 16.8. The highest BCUT2D eigenvalue weighted by atomic mass is 32.2. The third-order valence-electron chi connectivity index (χ3n) is 4.11. The van der Waals surface area contributed by atoms with Crippen LogP contribution in [0.15, 0.2) is 65.0 Å². The van der Waals surface area contributed by atoms with E-state index in [1.165, 1.54) is 34.9 Å². The number of carboxylic acids is 1. The van der Waals surface area contributed by atoms with Crippen molar-refractivity contribution in [2.45, 2.75) is 6.92 Å². The molecule has 1 fully saturated rings. The number of amidine groups is 1. The van der Waals surface area contributed by atoms with Gasteiger partial charge in [-0.3, -0.25) is 9.69 Å². The molecule has 0 atom stereocenters. The summed E-state index contributed by atoms with van der Waals surface area (Å²) in [4.78, 5) is 30.3. The fourth-order valence-corrected chi connectivity index (χ4v) is 3.65. The van der Waals surface area contributed by atoms with Crippen LogP contribution in [0, 0.1) is 6.92 Å². The molecule has 0 aliphatic carbocycles. The van der Waals surface area contributed by atoms with Gasteiger partial charge in [0.1, 0.15) is 11.3 Å². The van der Waals surface area contributed by atoms with E-state index in [9.17, 15) is 14.7 Å². The lowest BCUT2D eigenvalue weighted by molar-refractivity contribution is -0.121. The van der Waals surface area contributed by atoms with E-state index in [-0.39, 0.29) is 23.8 Å². The second-order valence-electron chi connectivity index (χ2n) is 6.07. The number of carboxylic acid groups (broad SMARTS) is 1. The minimum absolute atomic E-state index is 0.182. The number of aliphatic imine (C=N–C) groups is 1. The van der Waals surface area contributed by atoms with E-state index in [0.717, 1.165) is 11.1 Å². The van der Waals surface area contributed by atoms with Crippen molar-refractivity contribution < 1.29 is 19.8 Å². The SMILES string of the molecule is C=CCN1C(=O)/C(=C/c2ccccc2C)SC1=Nc1ccc(C(=O)O)c(O)c1. The predicted octanol–water partition coefficient (Wildman–Crippen LogP) is 4.19. The number of rotatable bonds is 5. The molecule has 28 heavy (non-hydrogen) atoms. The molecular weight excluding hydrogens is 376 g/mol. The number of carbonyl (C=O) groups is 2. The van der Waals surface area contributed by atoms with Crippen molar-refractivity contribution in [2.75, 3.05) is 6.54 Å². The van der Waals surface area contributed by atoms with Gasteiger partial charge >= 0.3 is 5.97 Å². The zero-order valence-electron chi connectivity index (χ0n) is 15.1. The Morgan fingerprint density at radius 3 is 2.68 bits per heavy atom. The summed E-state index contributed by atoms with van der Waals surface area (Å²) in [6.07, 6.45) is 3.43. The fourth-order valence-electron chi connectivity index (χ4n) is 2.65. The maximum absolute atomic E-state index is 12.8. The van der Waals surface area contributed by atoms with Crippen LogP contribution in [0.5, 0.6) is 5.75 Å². The first-order valence-electron chi connectivity index (χ1n) is 8.43. The molecule has 3 rings (SSSR count). The molecule has 0 unspecified atom stereocenters. The number of aromatic hydroxyl groups is 1. The summed E-state index contributed by atoms with van der Waals surface area (Å²) in [7, 11) is 0. The van der Waals surface area contributed by atoms with E-state index >= 15 is 0 Å². The van der Waals surface area contributed by atoms with Crippen LogP contribution < -0.4 is 0 Å². The van der Waals surface area contributed by atoms with E-state index in [0.29, 0.717) is 15.8 Å². The predicted molar refractivity (Wildman–Crippen MR) is 111 cm³/mol. The van der Waals surface area contributed by atoms with Gasteiger partial charge in [-0.25, -0.2) is 9.79 Å². The lowest BCUT2D eigenvalue weighted by Gasteiger charge is -2.12. The van der Waals surface area contributed by atoms with E-state index in [1.807, 2.05) is 37.3 Å². The summed E-state index contributed by atoms with van der Waals surface area (Å²) < 4.78 is 0. The van der Waals surface area contributed by atoms with Gasteiger partial charge in [-0.1, -0.05) is 30.3 Å². The first-order chi connectivity index (χ1) is 13.4. The van der Waals surface area contributed by atoms with Gasteiger partial charge in [0.25, 0.3) is 5.91 Å². The van der Waals surface area contributed by atoms with Gasteiger partial charge in [-0.05, 0) is 48.0 Å². The number of aryl methyl sites for hydroxylation is 1. The van der Waals surface area contributed by atoms with Gasteiger partial charge in [-0.15, -0.1) is 6.58 Å². The standard InChI is InChI=1S/C21H18N2O4S/c1-3-10-23-19(25)18(11-14-7-5-4-6-13(14)2)28-21(23)22-15-8-9-16(20(26)27)17(24)12-15/h3-9,11-12,24H,1,10H2,2H3,(H,26,27)/b18-11-,22-21?. The zero-order chi connectivity index (χ0) is 20.3. The summed E-state index contributed by atoms with van der Waals surface area (Å²) in [5.41, 5.74) is 2.14.